The van der Waals surface area contributed by atoms with Crippen molar-refractivity contribution in [2.24, 2.45) is 0 Å². The minimum absolute atomic E-state index is 0. The van der Waals surface area contributed by atoms with Crippen LogP contribution in [0.25, 0.3) is 11.1 Å². The Morgan fingerprint density at radius 3 is 1.11 bits per heavy atom. The molecule has 3 rings (SSSR count). The van der Waals surface area contributed by atoms with Crippen LogP contribution >= 0.6 is 0 Å². The number of benzene rings is 2. The molecule has 0 radical (unpaired) electrons. The van der Waals surface area contributed by atoms with E-state index in [2.05, 4.69) is 48.5 Å². The summed E-state index contributed by atoms with van der Waals surface area (Å²) in [5.74, 6) is 0. The minimum Gasteiger partial charge on any atom is -0.0622 e. The van der Waals surface area contributed by atoms with Crippen LogP contribution < -0.4 is 0 Å². The smallest absolute Gasteiger partial charge is 0.0184 e. The van der Waals surface area contributed by atoms with Gasteiger partial charge in [-0.15, -0.1) is 0 Å². The van der Waals surface area contributed by atoms with Crippen molar-refractivity contribution < 1.29 is 9.47 Å². The molecule has 2 aromatic rings. The van der Waals surface area contributed by atoms with E-state index in [1.165, 1.54) is 11.1 Å². The predicted octanol–water partition coefficient (Wildman–Crippen LogP) is 2.74. The van der Waals surface area contributed by atoms with Crippen molar-refractivity contribution in [3.8, 4) is 11.1 Å². The molecular formula is C16H19NaO2. The Balaban J connectivity index is 0.000000220. The van der Waals surface area contributed by atoms with Gasteiger partial charge in [0.1, 0.15) is 0 Å². The van der Waals surface area contributed by atoms with E-state index in [1.807, 2.05) is 12.1 Å². The van der Waals surface area contributed by atoms with Gasteiger partial charge in [0.25, 0.3) is 0 Å². The van der Waals surface area contributed by atoms with Gasteiger partial charge in [-0.1, -0.05) is 60.7 Å². The van der Waals surface area contributed by atoms with E-state index in [0.29, 0.717) is 0 Å². The molecule has 1 saturated heterocycles. The first-order valence-corrected chi connectivity index (χ1v) is 6.23. The number of ether oxygens (including phenoxy) is 2. The molecule has 0 amide bonds. The molecule has 1 aliphatic rings. The molecule has 96 valence electrons. The maximum atomic E-state index is 4.94. The van der Waals surface area contributed by atoms with Crippen molar-refractivity contribution in [1.82, 2.24) is 0 Å². The average molecular weight is 266 g/mol. The summed E-state index contributed by atoms with van der Waals surface area (Å²) in [5, 5.41) is 0. The maximum absolute atomic E-state index is 4.94. The molecule has 0 bridgehead atoms. The number of rotatable bonds is 1. The van der Waals surface area contributed by atoms with E-state index in [0.717, 1.165) is 26.4 Å². The minimum atomic E-state index is 0. The standard InChI is InChI=1S/C12H10.C4H8O2.Na.H/c1-3-7-11(8-4-1)12-9-5-2-6-10-12;1-2-6-4-3-5-1;;/h1-10H;1-4H2;;. The second-order valence-corrected chi connectivity index (χ2v) is 3.96. The Labute approximate surface area is 137 Å². The molecular weight excluding hydrogens is 247 g/mol. The van der Waals surface area contributed by atoms with Crippen LogP contribution in [0.2, 0.25) is 0 Å². The quantitative estimate of drug-likeness (QED) is 0.739. The van der Waals surface area contributed by atoms with Gasteiger partial charge in [0.15, 0.2) is 0 Å². The van der Waals surface area contributed by atoms with Crippen LogP contribution in [0, 0.1) is 0 Å². The molecule has 2 nitrogen and oxygen atoms in total. The molecule has 0 spiro atoms. The summed E-state index contributed by atoms with van der Waals surface area (Å²) in [6.45, 7) is 3.11. The fourth-order valence-electron chi connectivity index (χ4n) is 1.70. The van der Waals surface area contributed by atoms with Gasteiger partial charge in [-0.3, -0.25) is 0 Å². The van der Waals surface area contributed by atoms with Crippen molar-refractivity contribution in [1.29, 1.82) is 0 Å². The molecule has 3 heteroatoms. The van der Waals surface area contributed by atoms with Crippen molar-refractivity contribution in [2.45, 2.75) is 0 Å². The third kappa shape index (κ3) is 6.37. The summed E-state index contributed by atoms with van der Waals surface area (Å²) in [7, 11) is 0. The zero-order valence-electron chi connectivity index (χ0n) is 10.4. The molecule has 1 aliphatic heterocycles. The average Bonchev–Trinajstić information content (AvgIpc) is 2.51. The molecule has 0 N–H and O–H groups in total. The summed E-state index contributed by atoms with van der Waals surface area (Å²) in [4.78, 5) is 0. The zero-order chi connectivity index (χ0) is 12.5. The van der Waals surface area contributed by atoms with Gasteiger partial charge in [0.05, 0.1) is 26.4 Å². The molecule has 0 aliphatic carbocycles. The van der Waals surface area contributed by atoms with Crippen molar-refractivity contribution in [3.05, 3.63) is 60.7 Å². The van der Waals surface area contributed by atoms with E-state index >= 15 is 0 Å². The molecule has 19 heavy (non-hydrogen) atoms. The van der Waals surface area contributed by atoms with E-state index in [4.69, 9.17) is 9.47 Å². The predicted molar refractivity (Wildman–Crippen MR) is 80.7 cm³/mol. The Kier molecular flexibility index (Phi) is 8.80. The fraction of sp³-hybridized carbons (Fsp3) is 0.250. The third-order valence-corrected chi connectivity index (χ3v) is 2.62. The van der Waals surface area contributed by atoms with Crippen molar-refractivity contribution >= 4 is 29.6 Å². The van der Waals surface area contributed by atoms with Crippen LogP contribution in [0.1, 0.15) is 0 Å². The number of hydrogen-bond acceptors (Lipinski definition) is 2. The molecule has 2 aromatic carbocycles. The summed E-state index contributed by atoms with van der Waals surface area (Å²) in [5.41, 5.74) is 2.55. The third-order valence-electron chi connectivity index (χ3n) is 2.62. The van der Waals surface area contributed by atoms with Gasteiger partial charge in [-0.2, -0.15) is 0 Å². The Morgan fingerprint density at radius 1 is 0.526 bits per heavy atom. The zero-order valence-corrected chi connectivity index (χ0v) is 10.4. The summed E-state index contributed by atoms with van der Waals surface area (Å²) < 4.78 is 9.89. The van der Waals surface area contributed by atoms with Crippen LogP contribution in [-0.2, 0) is 9.47 Å². The van der Waals surface area contributed by atoms with Gasteiger partial charge in [-0.05, 0) is 11.1 Å². The first kappa shape index (κ1) is 16.4. The van der Waals surface area contributed by atoms with Crippen LogP contribution in [0.4, 0.5) is 0 Å². The maximum Gasteiger partial charge on any atom is -0.0184 e. The second kappa shape index (κ2) is 10.2. The molecule has 0 aromatic heterocycles. The van der Waals surface area contributed by atoms with Gasteiger partial charge < -0.3 is 9.47 Å². The van der Waals surface area contributed by atoms with Crippen molar-refractivity contribution in [3.63, 3.8) is 0 Å². The largest absolute Gasteiger partial charge is 0.0622 e. The van der Waals surface area contributed by atoms with Gasteiger partial charge in [0, 0.05) is 0 Å². The van der Waals surface area contributed by atoms with Crippen LogP contribution in [0.3, 0.4) is 0 Å². The van der Waals surface area contributed by atoms with E-state index in [1.54, 1.807) is 0 Å². The Morgan fingerprint density at radius 2 is 0.842 bits per heavy atom. The first-order valence-electron chi connectivity index (χ1n) is 6.23. The molecule has 0 saturated carbocycles. The van der Waals surface area contributed by atoms with E-state index in [9.17, 15) is 0 Å². The topological polar surface area (TPSA) is 18.5 Å². The summed E-state index contributed by atoms with van der Waals surface area (Å²) >= 11 is 0. The summed E-state index contributed by atoms with van der Waals surface area (Å²) in [6.07, 6.45) is 0. The second-order valence-electron chi connectivity index (χ2n) is 3.96. The monoisotopic (exact) mass is 266 g/mol. The molecule has 0 atom stereocenters. The molecule has 1 fully saturated rings. The summed E-state index contributed by atoms with van der Waals surface area (Å²) in [6, 6.07) is 20.8. The Bertz CT molecular complexity index is 378. The molecule has 1 heterocycles. The van der Waals surface area contributed by atoms with E-state index in [-0.39, 0.29) is 29.6 Å². The van der Waals surface area contributed by atoms with Gasteiger partial charge in [0.2, 0.25) is 0 Å². The molecule has 0 unspecified atom stereocenters. The first-order chi connectivity index (χ1) is 8.97. The van der Waals surface area contributed by atoms with Gasteiger partial charge >= 0.3 is 29.6 Å². The Hall–Kier alpha value is -0.640. The van der Waals surface area contributed by atoms with Crippen LogP contribution in [-0.4, -0.2) is 56.0 Å². The normalized spacial score (nSPS) is 13.7. The van der Waals surface area contributed by atoms with Crippen molar-refractivity contribution in [2.75, 3.05) is 26.4 Å². The van der Waals surface area contributed by atoms with E-state index < -0.39 is 0 Å². The van der Waals surface area contributed by atoms with Crippen LogP contribution in [0.15, 0.2) is 60.7 Å². The number of hydrogen-bond donors (Lipinski definition) is 0. The fourth-order valence-corrected chi connectivity index (χ4v) is 1.70. The van der Waals surface area contributed by atoms with Gasteiger partial charge in [-0.25, -0.2) is 0 Å². The van der Waals surface area contributed by atoms with Crippen LogP contribution in [0.5, 0.6) is 0 Å². The SMILES string of the molecule is C1COCCO1.[NaH].c1ccc(-c2ccccc2)cc1.